The van der Waals surface area contributed by atoms with Crippen molar-refractivity contribution in [1.29, 1.82) is 0 Å². The van der Waals surface area contributed by atoms with E-state index in [1.54, 1.807) is 0 Å². The van der Waals surface area contributed by atoms with E-state index in [1.165, 1.54) is 5.56 Å². The first-order valence-electron chi connectivity index (χ1n) is 6.25. The minimum atomic E-state index is -0.289. The molecule has 0 aliphatic heterocycles. The lowest BCUT2D eigenvalue weighted by atomic mass is 9.89. The fraction of sp³-hybridized carbons (Fsp3) is 0.467. The third-order valence-corrected chi connectivity index (χ3v) is 3.19. The van der Waals surface area contributed by atoms with Crippen LogP contribution in [0.3, 0.4) is 0 Å². The van der Waals surface area contributed by atoms with Gasteiger partial charge in [-0.3, -0.25) is 0 Å². The Balaban J connectivity index is 2.03. The molecule has 0 fully saturated rings. The molecule has 1 unspecified atom stereocenters. The average molecular weight is 232 g/mol. The predicted molar refractivity (Wildman–Crippen MR) is 69.3 cm³/mol. The summed E-state index contributed by atoms with van der Waals surface area (Å²) in [4.78, 5) is 0. The van der Waals surface area contributed by atoms with Gasteiger partial charge in [0.2, 0.25) is 0 Å². The van der Waals surface area contributed by atoms with Crippen molar-refractivity contribution in [2.75, 3.05) is 6.61 Å². The van der Waals surface area contributed by atoms with E-state index in [0.29, 0.717) is 6.61 Å². The Morgan fingerprint density at radius 1 is 1.53 bits per heavy atom. The summed E-state index contributed by atoms with van der Waals surface area (Å²) in [6.45, 7) is 6.54. The molecule has 2 rings (SSSR count). The number of aliphatic hydroxyl groups excluding tert-OH is 1. The van der Waals surface area contributed by atoms with Crippen LogP contribution in [0.1, 0.15) is 43.4 Å². The van der Waals surface area contributed by atoms with Crippen molar-refractivity contribution < 1.29 is 9.84 Å². The van der Waals surface area contributed by atoms with Crippen LogP contribution in [0.15, 0.2) is 30.4 Å². The fourth-order valence-corrected chi connectivity index (χ4v) is 2.20. The van der Waals surface area contributed by atoms with E-state index in [4.69, 9.17) is 4.74 Å². The number of aryl methyl sites for hydroxylation is 1. The van der Waals surface area contributed by atoms with Gasteiger partial charge in [-0.15, -0.1) is 6.58 Å². The second-order valence-corrected chi connectivity index (χ2v) is 4.82. The second-order valence-electron chi connectivity index (χ2n) is 4.82. The number of hydrogen-bond acceptors (Lipinski definition) is 2. The summed E-state index contributed by atoms with van der Waals surface area (Å²) < 4.78 is 5.68. The fourth-order valence-electron chi connectivity index (χ4n) is 2.20. The van der Waals surface area contributed by atoms with E-state index in [0.717, 1.165) is 42.6 Å². The van der Waals surface area contributed by atoms with Crippen LogP contribution < -0.4 is 4.74 Å². The summed E-state index contributed by atoms with van der Waals surface area (Å²) in [5.41, 5.74) is 3.44. The molecule has 0 bridgehead atoms. The maximum atomic E-state index is 9.85. The first-order chi connectivity index (χ1) is 8.16. The van der Waals surface area contributed by atoms with Crippen molar-refractivity contribution in [3.63, 3.8) is 0 Å². The molecule has 0 saturated carbocycles. The smallest absolute Gasteiger partial charge is 0.119 e. The lowest BCUT2D eigenvalue weighted by molar-refractivity contribution is 0.156. The molecule has 2 heteroatoms. The van der Waals surface area contributed by atoms with Crippen LogP contribution in [0.25, 0.3) is 0 Å². The van der Waals surface area contributed by atoms with Gasteiger partial charge in [0.05, 0.1) is 12.7 Å². The van der Waals surface area contributed by atoms with E-state index in [2.05, 4.69) is 12.6 Å². The van der Waals surface area contributed by atoms with Gasteiger partial charge in [0.1, 0.15) is 5.75 Å². The summed E-state index contributed by atoms with van der Waals surface area (Å²) in [5.74, 6) is 0.902. The van der Waals surface area contributed by atoms with Crippen LogP contribution in [0.2, 0.25) is 0 Å². The van der Waals surface area contributed by atoms with Gasteiger partial charge in [-0.05, 0) is 49.4 Å². The second kappa shape index (κ2) is 5.37. The molecular weight excluding hydrogens is 212 g/mol. The van der Waals surface area contributed by atoms with Crippen LogP contribution in [0.4, 0.5) is 0 Å². The quantitative estimate of drug-likeness (QED) is 0.806. The molecule has 17 heavy (non-hydrogen) atoms. The van der Waals surface area contributed by atoms with Gasteiger partial charge >= 0.3 is 0 Å². The van der Waals surface area contributed by atoms with Crippen LogP contribution >= 0.6 is 0 Å². The molecule has 1 aromatic rings. The molecule has 1 aliphatic rings. The zero-order valence-corrected chi connectivity index (χ0v) is 10.4. The highest BCUT2D eigenvalue weighted by molar-refractivity contribution is 5.38. The van der Waals surface area contributed by atoms with E-state index < -0.39 is 0 Å². The molecular formula is C15H20O2. The Hall–Kier alpha value is -1.28. The van der Waals surface area contributed by atoms with E-state index in [-0.39, 0.29) is 6.10 Å². The van der Waals surface area contributed by atoms with Gasteiger partial charge in [-0.25, -0.2) is 0 Å². The molecule has 0 amide bonds. The minimum absolute atomic E-state index is 0.289. The SMILES string of the molecule is C=C(C)CCOc1ccc2c(c1)CCCC2O. The molecule has 1 N–H and O–H groups in total. The van der Waals surface area contributed by atoms with Gasteiger partial charge in [-0.1, -0.05) is 11.6 Å². The Bertz CT molecular complexity index is 409. The first kappa shape index (κ1) is 12.2. The van der Waals surface area contributed by atoms with Crippen LogP contribution in [-0.4, -0.2) is 11.7 Å². The maximum absolute atomic E-state index is 9.85. The van der Waals surface area contributed by atoms with Crippen molar-refractivity contribution in [2.45, 2.75) is 38.7 Å². The summed E-state index contributed by atoms with van der Waals surface area (Å²) in [5, 5.41) is 9.85. The standard InChI is InChI=1S/C15H20O2/c1-11(2)8-9-17-13-6-7-14-12(10-13)4-3-5-15(14)16/h6-7,10,15-16H,1,3-5,8-9H2,2H3. The van der Waals surface area contributed by atoms with Gasteiger partial charge in [0, 0.05) is 6.42 Å². The van der Waals surface area contributed by atoms with Crippen molar-refractivity contribution in [3.8, 4) is 5.75 Å². The number of fused-ring (bicyclic) bond motifs is 1. The molecule has 1 aliphatic carbocycles. The summed E-state index contributed by atoms with van der Waals surface area (Å²) >= 11 is 0. The van der Waals surface area contributed by atoms with Crippen LogP contribution in [0.5, 0.6) is 5.75 Å². The summed E-state index contributed by atoms with van der Waals surface area (Å²) in [7, 11) is 0. The zero-order chi connectivity index (χ0) is 12.3. The number of benzene rings is 1. The van der Waals surface area contributed by atoms with Crippen molar-refractivity contribution >= 4 is 0 Å². The first-order valence-corrected chi connectivity index (χ1v) is 6.25. The van der Waals surface area contributed by atoms with Crippen molar-refractivity contribution in [1.82, 2.24) is 0 Å². The van der Waals surface area contributed by atoms with Crippen molar-refractivity contribution in [3.05, 3.63) is 41.5 Å². The maximum Gasteiger partial charge on any atom is 0.119 e. The lowest BCUT2D eigenvalue weighted by Crippen LogP contribution is -2.09. The molecule has 2 nitrogen and oxygen atoms in total. The molecule has 0 heterocycles. The summed E-state index contributed by atoms with van der Waals surface area (Å²) in [6, 6.07) is 6.01. The molecule has 0 saturated heterocycles. The third-order valence-electron chi connectivity index (χ3n) is 3.19. The van der Waals surface area contributed by atoms with Gasteiger partial charge in [-0.2, -0.15) is 0 Å². The highest BCUT2D eigenvalue weighted by atomic mass is 16.5. The summed E-state index contributed by atoms with van der Waals surface area (Å²) in [6.07, 6.45) is 3.58. The number of hydrogen-bond donors (Lipinski definition) is 1. The third kappa shape index (κ3) is 3.10. The molecule has 92 valence electrons. The highest BCUT2D eigenvalue weighted by Crippen LogP contribution is 2.31. The Morgan fingerprint density at radius 3 is 3.12 bits per heavy atom. The van der Waals surface area contributed by atoms with Gasteiger partial charge in [0.15, 0.2) is 0 Å². The topological polar surface area (TPSA) is 29.5 Å². The normalized spacial score (nSPS) is 18.6. The van der Waals surface area contributed by atoms with Crippen molar-refractivity contribution in [2.24, 2.45) is 0 Å². The van der Waals surface area contributed by atoms with Crippen LogP contribution in [-0.2, 0) is 6.42 Å². The Morgan fingerprint density at radius 2 is 2.35 bits per heavy atom. The number of ether oxygens (including phenoxy) is 1. The van der Waals surface area contributed by atoms with E-state index in [9.17, 15) is 5.11 Å². The molecule has 1 atom stereocenters. The molecule has 0 radical (unpaired) electrons. The van der Waals surface area contributed by atoms with E-state index >= 15 is 0 Å². The Labute approximate surface area is 103 Å². The van der Waals surface area contributed by atoms with E-state index in [1.807, 2.05) is 19.1 Å². The number of rotatable bonds is 4. The molecule has 0 aromatic heterocycles. The predicted octanol–water partition coefficient (Wildman–Crippen LogP) is 3.40. The monoisotopic (exact) mass is 232 g/mol. The number of aliphatic hydroxyl groups is 1. The highest BCUT2D eigenvalue weighted by Gasteiger charge is 2.17. The van der Waals surface area contributed by atoms with Gasteiger partial charge in [0.25, 0.3) is 0 Å². The van der Waals surface area contributed by atoms with Gasteiger partial charge < -0.3 is 9.84 Å². The Kier molecular flexibility index (Phi) is 3.85. The average Bonchev–Trinajstić information content (AvgIpc) is 2.29. The molecule has 1 aromatic carbocycles. The zero-order valence-electron chi connectivity index (χ0n) is 10.4. The lowest BCUT2D eigenvalue weighted by Gasteiger charge is -2.21. The minimum Gasteiger partial charge on any atom is -0.493 e. The van der Waals surface area contributed by atoms with Crippen LogP contribution in [0, 0.1) is 0 Å². The molecule has 0 spiro atoms. The largest absolute Gasteiger partial charge is 0.493 e.